The van der Waals surface area contributed by atoms with Crippen molar-refractivity contribution in [1.29, 1.82) is 0 Å². The highest BCUT2D eigenvalue weighted by Crippen LogP contribution is 1.97. The van der Waals surface area contributed by atoms with Gasteiger partial charge in [-0.3, -0.25) is 10.1 Å². The number of nitrogens with one attached hydrogen (secondary N) is 1. The summed E-state index contributed by atoms with van der Waals surface area (Å²) in [6.45, 7) is 6.04. The first-order valence-corrected chi connectivity index (χ1v) is 5.27. The molecule has 1 heterocycles. The van der Waals surface area contributed by atoms with Crippen LogP contribution in [0.15, 0.2) is 12.7 Å². The third-order valence-corrected chi connectivity index (χ3v) is 1.99. The molecule has 1 saturated heterocycles. The average molecular weight is 212 g/mol. The maximum Gasteiger partial charge on any atom is 0.324 e. The molecule has 0 radical (unpaired) electrons. The number of imide groups is 1. The lowest BCUT2D eigenvalue weighted by Gasteiger charge is -1.99. The normalized spacial score (nSPS) is 14.4. The molecule has 4 heteroatoms. The van der Waals surface area contributed by atoms with Gasteiger partial charge in [-0.05, 0) is 12.8 Å². The minimum atomic E-state index is -0.310. The molecule has 0 aromatic heterocycles. The number of hydrogen-bond acceptors (Lipinski definition) is 2. The fourth-order valence-electron chi connectivity index (χ4n) is 1.08. The molecular weight excluding hydrogens is 192 g/mol. The number of nitrogens with zero attached hydrogens (tertiary/aromatic N) is 1. The molecular formula is C11H20N2O2. The second-order valence-corrected chi connectivity index (χ2v) is 3.49. The van der Waals surface area contributed by atoms with Gasteiger partial charge in [-0.1, -0.05) is 25.8 Å². The number of allylic oxidation sites excluding steroid dienone is 1. The van der Waals surface area contributed by atoms with Gasteiger partial charge in [-0.2, -0.15) is 0 Å². The Labute approximate surface area is 91.3 Å². The zero-order valence-electron chi connectivity index (χ0n) is 9.58. The van der Waals surface area contributed by atoms with E-state index in [9.17, 15) is 9.59 Å². The summed E-state index contributed by atoms with van der Waals surface area (Å²) in [5.74, 6) is -0.225. The number of rotatable bonds is 4. The zero-order valence-corrected chi connectivity index (χ0v) is 9.58. The van der Waals surface area contributed by atoms with Crippen molar-refractivity contribution in [2.75, 3.05) is 13.6 Å². The van der Waals surface area contributed by atoms with Crippen LogP contribution >= 0.6 is 0 Å². The van der Waals surface area contributed by atoms with Crippen LogP contribution in [0.2, 0.25) is 0 Å². The van der Waals surface area contributed by atoms with Crippen LogP contribution in [0.1, 0.15) is 32.6 Å². The van der Waals surface area contributed by atoms with E-state index in [0.29, 0.717) is 0 Å². The average Bonchev–Trinajstić information content (AvgIpc) is 2.46. The molecule has 0 spiro atoms. The first-order chi connectivity index (χ1) is 7.11. The van der Waals surface area contributed by atoms with Gasteiger partial charge in [0.05, 0.1) is 0 Å². The number of hydrogen-bond donors (Lipinski definition) is 1. The Balaban J connectivity index is 0.000000265. The third kappa shape index (κ3) is 6.71. The van der Waals surface area contributed by atoms with E-state index in [4.69, 9.17) is 0 Å². The van der Waals surface area contributed by atoms with E-state index in [-0.39, 0.29) is 18.5 Å². The number of likely N-dealkylation sites (N-methyl/N-ethyl adjacent to an activating group) is 1. The minimum Gasteiger partial charge on any atom is -0.318 e. The molecule has 1 rings (SSSR count). The van der Waals surface area contributed by atoms with Gasteiger partial charge in [-0.25, -0.2) is 4.79 Å². The first-order valence-electron chi connectivity index (χ1n) is 5.27. The lowest BCUT2D eigenvalue weighted by atomic mass is 10.2. The predicted octanol–water partition coefficient (Wildman–Crippen LogP) is 1.92. The number of unbranched alkanes of at least 4 members (excludes halogenated alkanes) is 3. The lowest BCUT2D eigenvalue weighted by Crippen LogP contribution is -2.24. The van der Waals surface area contributed by atoms with Gasteiger partial charge in [0.15, 0.2) is 0 Å². The fourth-order valence-corrected chi connectivity index (χ4v) is 1.08. The molecule has 0 saturated carbocycles. The molecule has 0 unspecified atom stereocenters. The molecule has 86 valence electrons. The summed E-state index contributed by atoms with van der Waals surface area (Å²) in [5.41, 5.74) is 0. The standard InChI is InChI=1S/C7H14.C4H6N2O2/c1-3-5-7-6-4-2;1-6-2-3(7)5-4(6)8/h3H,1,4-7H2,2H3;2H2,1H3,(H,5,7,8). The molecule has 0 bridgehead atoms. The maximum absolute atomic E-state index is 10.4. The number of amides is 3. The Morgan fingerprint density at radius 2 is 2.13 bits per heavy atom. The van der Waals surface area contributed by atoms with Gasteiger partial charge < -0.3 is 4.90 Å². The van der Waals surface area contributed by atoms with Crippen LogP contribution in [0, 0.1) is 0 Å². The molecule has 0 aromatic carbocycles. The Morgan fingerprint density at radius 1 is 1.47 bits per heavy atom. The summed E-state index contributed by atoms with van der Waals surface area (Å²) >= 11 is 0. The highest BCUT2D eigenvalue weighted by atomic mass is 16.2. The Morgan fingerprint density at radius 3 is 2.40 bits per heavy atom. The summed E-state index contributed by atoms with van der Waals surface area (Å²) in [6.07, 6.45) is 7.16. The highest BCUT2D eigenvalue weighted by molar-refractivity contribution is 6.01. The molecule has 15 heavy (non-hydrogen) atoms. The molecule has 0 atom stereocenters. The molecule has 4 nitrogen and oxygen atoms in total. The number of carbonyl (C=O) groups is 2. The van der Waals surface area contributed by atoms with Crippen LogP contribution in [0.5, 0.6) is 0 Å². The molecule has 0 aliphatic carbocycles. The molecule has 1 aliphatic heterocycles. The second-order valence-electron chi connectivity index (χ2n) is 3.49. The lowest BCUT2D eigenvalue weighted by molar-refractivity contribution is -0.118. The van der Waals surface area contributed by atoms with Crippen LogP contribution in [0.4, 0.5) is 4.79 Å². The highest BCUT2D eigenvalue weighted by Gasteiger charge is 2.21. The summed E-state index contributed by atoms with van der Waals surface area (Å²) in [6, 6.07) is -0.310. The van der Waals surface area contributed by atoms with E-state index in [2.05, 4.69) is 18.8 Å². The Hall–Kier alpha value is -1.32. The van der Waals surface area contributed by atoms with Crippen LogP contribution in [0.25, 0.3) is 0 Å². The van der Waals surface area contributed by atoms with Crippen molar-refractivity contribution < 1.29 is 9.59 Å². The topological polar surface area (TPSA) is 49.4 Å². The van der Waals surface area contributed by atoms with Gasteiger partial charge in [0.2, 0.25) is 5.91 Å². The van der Waals surface area contributed by atoms with Crippen molar-refractivity contribution in [3.05, 3.63) is 12.7 Å². The van der Waals surface area contributed by atoms with Crippen molar-refractivity contribution in [3.63, 3.8) is 0 Å². The summed E-state index contributed by atoms with van der Waals surface area (Å²) < 4.78 is 0. The van der Waals surface area contributed by atoms with Gasteiger partial charge in [0, 0.05) is 7.05 Å². The molecule has 1 aliphatic rings. The third-order valence-electron chi connectivity index (χ3n) is 1.99. The van der Waals surface area contributed by atoms with Crippen LogP contribution < -0.4 is 5.32 Å². The van der Waals surface area contributed by atoms with Gasteiger partial charge in [-0.15, -0.1) is 6.58 Å². The molecule has 1 fully saturated rings. The first kappa shape index (κ1) is 13.7. The van der Waals surface area contributed by atoms with Crippen LogP contribution in [0.3, 0.4) is 0 Å². The maximum atomic E-state index is 10.4. The van der Waals surface area contributed by atoms with Gasteiger partial charge >= 0.3 is 6.03 Å². The summed E-state index contributed by atoms with van der Waals surface area (Å²) in [5, 5.41) is 2.11. The molecule has 1 N–H and O–H groups in total. The second kappa shape index (κ2) is 8.03. The van der Waals surface area contributed by atoms with E-state index in [1.165, 1.54) is 30.6 Å². The van der Waals surface area contributed by atoms with Crippen molar-refractivity contribution in [2.24, 2.45) is 0 Å². The van der Waals surface area contributed by atoms with E-state index in [0.717, 1.165) is 0 Å². The van der Waals surface area contributed by atoms with E-state index in [1.807, 2.05) is 6.08 Å². The zero-order chi connectivity index (χ0) is 11.7. The molecule has 3 amide bonds. The van der Waals surface area contributed by atoms with Crippen molar-refractivity contribution in [2.45, 2.75) is 32.6 Å². The van der Waals surface area contributed by atoms with Crippen molar-refractivity contribution >= 4 is 11.9 Å². The van der Waals surface area contributed by atoms with E-state index >= 15 is 0 Å². The van der Waals surface area contributed by atoms with Crippen molar-refractivity contribution in [3.8, 4) is 0 Å². The SMILES string of the molecule is C=CCCCCC.CN1CC(=O)NC1=O. The quantitative estimate of drug-likeness (QED) is 0.439. The fraction of sp³-hybridized carbons (Fsp3) is 0.636. The van der Waals surface area contributed by atoms with E-state index in [1.54, 1.807) is 7.05 Å². The molecule has 0 aromatic rings. The van der Waals surface area contributed by atoms with Crippen LogP contribution in [-0.4, -0.2) is 30.4 Å². The monoisotopic (exact) mass is 212 g/mol. The number of carbonyl (C=O) groups excluding carboxylic acids is 2. The largest absolute Gasteiger partial charge is 0.324 e. The number of urea groups is 1. The van der Waals surface area contributed by atoms with Gasteiger partial charge in [0.25, 0.3) is 0 Å². The Bertz CT molecular complexity index is 227. The smallest absolute Gasteiger partial charge is 0.318 e. The summed E-state index contributed by atoms with van der Waals surface area (Å²) in [7, 11) is 1.57. The Kier molecular flexibility index (Phi) is 7.32. The van der Waals surface area contributed by atoms with E-state index < -0.39 is 0 Å². The predicted molar refractivity (Wildman–Crippen MR) is 60.5 cm³/mol. The van der Waals surface area contributed by atoms with Crippen molar-refractivity contribution in [1.82, 2.24) is 10.2 Å². The van der Waals surface area contributed by atoms with Gasteiger partial charge in [0.1, 0.15) is 6.54 Å². The minimum absolute atomic E-state index is 0.193. The summed E-state index contributed by atoms with van der Waals surface area (Å²) in [4.78, 5) is 22.0. The van der Waals surface area contributed by atoms with Crippen LogP contribution in [-0.2, 0) is 4.79 Å².